The van der Waals surface area contributed by atoms with Crippen LogP contribution in [0.3, 0.4) is 0 Å². The molecule has 0 unspecified atom stereocenters. The summed E-state index contributed by atoms with van der Waals surface area (Å²) in [5.41, 5.74) is 15.9. The Morgan fingerprint density at radius 3 is 0.902 bits per heavy atom. The van der Waals surface area contributed by atoms with E-state index in [0.717, 1.165) is 82.0 Å². The fourth-order valence-corrected chi connectivity index (χ4v) is 21.2. The van der Waals surface area contributed by atoms with Gasteiger partial charge >= 0.3 is 0 Å². The van der Waals surface area contributed by atoms with Gasteiger partial charge in [0.05, 0.1) is 39.7 Å². The molecule has 92 heavy (non-hydrogen) atoms. The van der Waals surface area contributed by atoms with Gasteiger partial charge in [-0.3, -0.25) is 19.2 Å². The minimum absolute atomic E-state index is 0.121. The van der Waals surface area contributed by atoms with Gasteiger partial charge in [0.25, 0.3) is 0 Å². The van der Waals surface area contributed by atoms with Gasteiger partial charge < -0.3 is 0 Å². The van der Waals surface area contributed by atoms with E-state index in [1.807, 2.05) is 46.9 Å². The van der Waals surface area contributed by atoms with E-state index in [1.54, 1.807) is 59.1 Å². The summed E-state index contributed by atoms with van der Waals surface area (Å²) < 4.78 is 2.48. The molecule has 4 aliphatic rings. The number of Topliss-reactive ketones (excluding diaryl/α,β-unsaturated/α-hetero) is 2. The number of hydrogen-bond donors (Lipinski definition) is 0. The van der Waals surface area contributed by atoms with Gasteiger partial charge in [-0.25, -0.2) is 0 Å². The normalized spacial score (nSPS) is 14.9. The van der Waals surface area contributed by atoms with Crippen molar-refractivity contribution in [2.24, 2.45) is 0 Å². The molecule has 0 fully saturated rings. The third-order valence-electron chi connectivity index (χ3n) is 20.2. The van der Waals surface area contributed by atoms with Crippen molar-refractivity contribution in [3.05, 3.63) is 269 Å². The summed E-state index contributed by atoms with van der Waals surface area (Å²) in [4.78, 5) is 64.3. The Bertz CT molecular complexity index is 4110. The molecular formula is C84H80O4S4. The number of hydrogen-bond acceptors (Lipinski definition) is 8. The first kappa shape index (κ1) is 62.0. The smallest absolute Gasteiger partial charge is 0.195 e. The predicted octanol–water partition coefficient (Wildman–Crippen LogP) is 23.2. The summed E-state index contributed by atoms with van der Waals surface area (Å²) in [6.45, 7) is 9.08. The number of ketones is 4. The van der Waals surface area contributed by atoms with Gasteiger partial charge in [0.1, 0.15) is 0 Å². The molecule has 4 heterocycles. The number of aryl methyl sites for hydroxylation is 4. The Morgan fingerprint density at radius 2 is 0.609 bits per heavy atom. The molecule has 0 atom stereocenters. The Kier molecular flexibility index (Phi) is 17.9. The molecule has 4 aliphatic carbocycles. The maximum Gasteiger partial charge on any atom is 0.195 e. The molecule has 0 saturated heterocycles. The van der Waals surface area contributed by atoms with Crippen LogP contribution >= 0.6 is 45.3 Å². The number of allylic oxidation sites excluding steroid dienone is 4. The molecule has 6 aromatic carbocycles. The van der Waals surface area contributed by atoms with Gasteiger partial charge in [-0.15, -0.1) is 45.3 Å². The molecule has 0 amide bonds. The number of benzene rings is 6. The Morgan fingerprint density at radius 1 is 0.315 bits per heavy atom. The fourth-order valence-electron chi connectivity index (χ4n) is 15.4. The summed E-state index contributed by atoms with van der Waals surface area (Å²) in [5, 5.41) is 0. The van der Waals surface area contributed by atoms with E-state index in [9.17, 15) is 19.2 Å². The third kappa shape index (κ3) is 10.7. The van der Waals surface area contributed by atoms with Crippen molar-refractivity contribution in [2.75, 3.05) is 0 Å². The summed E-state index contributed by atoms with van der Waals surface area (Å²) in [6.07, 6.45) is 26.3. The highest BCUT2D eigenvalue weighted by Gasteiger charge is 2.55. The number of rotatable bonds is 26. The van der Waals surface area contributed by atoms with E-state index in [0.29, 0.717) is 33.4 Å². The molecule has 10 aromatic rings. The lowest BCUT2D eigenvalue weighted by atomic mass is 9.67. The molecule has 0 aliphatic heterocycles. The van der Waals surface area contributed by atoms with Gasteiger partial charge in [0, 0.05) is 54.3 Å². The molecule has 0 N–H and O–H groups in total. The number of thiophene rings is 4. The van der Waals surface area contributed by atoms with Crippen molar-refractivity contribution in [3.8, 4) is 19.5 Å². The summed E-state index contributed by atoms with van der Waals surface area (Å²) in [6, 6.07) is 57.2. The van der Waals surface area contributed by atoms with E-state index < -0.39 is 10.8 Å². The summed E-state index contributed by atoms with van der Waals surface area (Å²) in [7, 11) is 0. The zero-order valence-corrected chi connectivity index (χ0v) is 56.8. The Balaban J connectivity index is 1.04. The van der Waals surface area contributed by atoms with Crippen molar-refractivity contribution >= 4 is 89.0 Å². The van der Waals surface area contributed by atoms with E-state index in [2.05, 4.69) is 137 Å². The van der Waals surface area contributed by atoms with Crippen LogP contribution in [0, 0.1) is 0 Å². The number of carbonyl (C=O) groups excluding carboxylic acids is 4. The van der Waals surface area contributed by atoms with Crippen LogP contribution in [0.15, 0.2) is 170 Å². The Hall–Kier alpha value is -7.46. The molecule has 0 saturated carbocycles. The van der Waals surface area contributed by atoms with E-state index in [-0.39, 0.29) is 23.1 Å². The van der Waals surface area contributed by atoms with Crippen LogP contribution < -0.4 is 0 Å². The maximum atomic E-state index is 14.9. The van der Waals surface area contributed by atoms with Gasteiger partial charge in [-0.1, -0.05) is 250 Å². The third-order valence-corrected chi connectivity index (χ3v) is 25.4. The summed E-state index contributed by atoms with van der Waals surface area (Å²) >= 11 is 7.11. The van der Waals surface area contributed by atoms with Crippen LogP contribution in [0.25, 0.3) is 40.1 Å². The quantitative estimate of drug-likeness (QED) is 0.0507. The zero-order valence-electron chi connectivity index (χ0n) is 53.6. The SMILES string of the molecule is CCCCCCc1ccc(C2(c3ccc(CCCCCC)cc3)c3cc(C4=CC(=O)c5ccccc5C4=O)sc3-c3sc4c5c(sc4c32)-c2sc(C3=CC(=O)c4ccccc4C3=O)cc2C5(c2ccc(CCCCCC)cc2)c2ccc(CCCCCC)cc2)cc1. The molecule has 4 aromatic heterocycles. The monoisotopic (exact) mass is 1280 g/mol. The van der Waals surface area contributed by atoms with E-state index in [1.165, 1.54) is 152 Å². The maximum absolute atomic E-state index is 14.9. The average Bonchev–Trinajstić information content (AvgIpc) is 1.49. The van der Waals surface area contributed by atoms with E-state index >= 15 is 0 Å². The van der Waals surface area contributed by atoms with Gasteiger partial charge in [0.15, 0.2) is 23.1 Å². The second-order valence-electron chi connectivity index (χ2n) is 26.1. The molecule has 0 bridgehead atoms. The second-order valence-corrected chi connectivity index (χ2v) is 30.2. The van der Waals surface area contributed by atoms with Crippen LogP contribution in [-0.4, -0.2) is 23.1 Å². The van der Waals surface area contributed by atoms with Gasteiger partial charge in [-0.2, -0.15) is 0 Å². The second kappa shape index (κ2) is 26.5. The first-order chi connectivity index (χ1) is 45.1. The lowest BCUT2D eigenvalue weighted by Crippen LogP contribution is -2.29. The lowest BCUT2D eigenvalue weighted by Gasteiger charge is -2.34. The van der Waals surface area contributed by atoms with Crippen molar-refractivity contribution < 1.29 is 19.2 Å². The lowest BCUT2D eigenvalue weighted by molar-refractivity contribution is 0.100. The highest BCUT2D eigenvalue weighted by atomic mass is 32.1. The van der Waals surface area contributed by atoms with Crippen molar-refractivity contribution in [2.45, 2.75) is 167 Å². The minimum atomic E-state index is -0.823. The number of fused-ring (bicyclic) bond motifs is 11. The highest BCUT2D eigenvalue weighted by molar-refractivity contribution is 7.34. The topological polar surface area (TPSA) is 68.3 Å². The number of carbonyl (C=O) groups is 4. The fraction of sp³-hybridized carbons (Fsp3) is 0.310. The molecule has 0 spiro atoms. The van der Waals surface area contributed by atoms with Crippen LogP contribution in [0.5, 0.6) is 0 Å². The van der Waals surface area contributed by atoms with Crippen LogP contribution in [0.2, 0.25) is 0 Å². The van der Waals surface area contributed by atoms with Gasteiger partial charge in [0.2, 0.25) is 0 Å². The largest absolute Gasteiger partial charge is 0.289 e. The first-order valence-corrected chi connectivity index (χ1v) is 37.5. The molecule has 8 heteroatoms. The molecule has 14 rings (SSSR count). The standard InChI is InChI=1S/C84H80O4S4/c1-5-9-13-17-25-53-33-41-57(42-34-53)83(58-43-35-54(36-44-58)26-18-14-10-6-2)67-51-71(65-49-69(85)61-29-21-23-31-63(61)75(65)87)89-77(67)79-73(83)81-82(91-79)74-80(92-81)78-68(52-72(90-78)66-50-70(86)62-30-22-24-32-64(62)76(66)88)84(74,59-45-37-55(38-46-59)27-19-15-11-7-3)60-47-39-56(40-48-60)28-20-16-12-8-4/h21-24,29-52H,5-20,25-28H2,1-4H3. The van der Waals surface area contributed by atoms with Crippen molar-refractivity contribution in [1.29, 1.82) is 0 Å². The molecule has 4 nitrogen and oxygen atoms in total. The molecule has 464 valence electrons. The van der Waals surface area contributed by atoms with Crippen LogP contribution in [0.1, 0.15) is 248 Å². The molecule has 0 radical (unpaired) electrons. The predicted molar refractivity (Wildman–Crippen MR) is 388 cm³/mol. The average molecular weight is 1280 g/mol. The van der Waals surface area contributed by atoms with E-state index in [4.69, 9.17) is 0 Å². The zero-order chi connectivity index (χ0) is 63.1. The van der Waals surface area contributed by atoms with Crippen LogP contribution in [-0.2, 0) is 36.5 Å². The highest BCUT2D eigenvalue weighted by Crippen LogP contribution is 2.70. The van der Waals surface area contributed by atoms with Crippen molar-refractivity contribution in [1.82, 2.24) is 0 Å². The van der Waals surface area contributed by atoms with Crippen molar-refractivity contribution in [3.63, 3.8) is 0 Å². The van der Waals surface area contributed by atoms with Crippen LogP contribution in [0.4, 0.5) is 0 Å². The number of unbranched alkanes of at least 4 members (excludes halogenated alkanes) is 12. The molecular weight excluding hydrogens is 1200 g/mol. The summed E-state index contributed by atoms with van der Waals surface area (Å²) in [5.74, 6) is -0.532. The van der Waals surface area contributed by atoms with Gasteiger partial charge in [-0.05, 0) is 131 Å². The minimum Gasteiger partial charge on any atom is -0.289 e. The Labute approximate surface area is 559 Å². The first-order valence-electron chi connectivity index (χ1n) is 34.2.